The Morgan fingerprint density at radius 3 is 2.20 bits per heavy atom. The van der Waals surface area contributed by atoms with Gasteiger partial charge in [-0.2, -0.15) is 0 Å². The second kappa shape index (κ2) is 14.6. The van der Waals surface area contributed by atoms with Crippen LogP contribution in [0, 0.1) is 10.1 Å². The Balaban J connectivity index is 2.05. The van der Waals surface area contributed by atoms with Gasteiger partial charge in [0.15, 0.2) is 0 Å². The number of benzene rings is 3. The fourth-order valence-electron chi connectivity index (χ4n) is 4.22. The predicted octanol–water partition coefficient (Wildman–Crippen LogP) is 5.17. The first-order valence-electron chi connectivity index (χ1n) is 13.2. The van der Waals surface area contributed by atoms with Gasteiger partial charge in [0.25, 0.3) is 15.7 Å². The minimum atomic E-state index is -4.28. The first-order chi connectivity index (χ1) is 19.6. The van der Waals surface area contributed by atoms with Crippen molar-refractivity contribution in [2.75, 3.05) is 17.4 Å². The van der Waals surface area contributed by atoms with E-state index in [1.807, 2.05) is 6.92 Å². The number of halogens is 1. The van der Waals surface area contributed by atoms with Gasteiger partial charge < -0.3 is 10.2 Å². The van der Waals surface area contributed by atoms with Crippen molar-refractivity contribution in [3.05, 3.63) is 99.6 Å². The monoisotopic (exact) mass is 600 g/mol. The molecule has 3 rings (SSSR count). The van der Waals surface area contributed by atoms with Crippen LogP contribution in [0.2, 0.25) is 5.02 Å². The van der Waals surface area contributed by atoms with E-state index in [4.69, 9.17) is 11.6 Å². The zero-order chi connectivity index (χ0) is 30.0. The summed E-state index contributed by atoms with van der Waals surface area (Å²) in [5.41, 5.74) is 0.424. The Kier molecular flexibility index (Phi) is 11.2. The Morgan fingerprint density at radius 2 is 1.61 bits per heavy atom. The fourth-order valence-corrected chi connectivity index (χ4v) is 5.86. The summed E-state index contributed by atoms with van der Waals surface area (Å²) < 4.78 is 28.5. The van der Waals surface area contributed by atoms with Crippen LogP contribution in [0.15, 0.2) is 83.8 Å². The number of hydrogen-bond acceptors (Lipinski definition) is 6. The number of carbonyl (C=O) groups is 2. The van der Waals surface area contributed by atoms with Crippen LogP contribution in [0.4, 0.5) is 11.4 Å². The van der Waals surface area contributed by atoms with Crippen LogP contribution in [0.5, 0.6) is 0 Å². The molecule has 41 heavy (non-hydrogen) atoms. The molecule has 3 aromatic carbocycles. The highest BCUT2D eigenvalue weighted by Crippen LogP contribution is 2.27. The van der Waals surface area contributed by atoms with Crippen LogP contribution in [-0.2, 0) is 26.2 Å². The van der Waals surface area contributed by atoms with Crippen LogP contribution in [0.3, 0.4) is 0 Å². The molecular formula is C29H33ClN4O6S. The molecule has 1 unspecified atom stereocenters. The number of sulfonamides is 1. The van der Waals surface area contributed by atoms with E-state index in [0.717, 1.165) is 17.1 Å². The molecule has 1 atom stereocenters. The van der Waals surface area contributed by atoms with Gasteiger partial charge in [-0.25, -0.2) is 8.42 Å². The SMILES string of the molecule is CCCCNC(=O)C(CC)N(Cc1ccccc1Cl)C(=O)CN(c1ccc([N+](=O)[O-])cc1)S(=O)(=O)c1ccccc1. The standard InChI is InChI=1S/C29H33ClN4O6S/c1-3-5-19-31-29(36)27(4-2)32(20-22-11-9-10-14-26(22)30)28(35)21-33(23-15-17-24(18-16-23)34(37)38)41(39,40)25-12-7-6-8-13-25/h6-18,27H,3-5,19-21H2,1-2H3,(H,31,36). The van der Waals surface area contributed by atoms with E-state index in [2.05, 4.69) is 5.32 Å². The molecule has 0 radical (unpaired) electrons. The number of anilines is 1. The van der Waals surface area contributed by atoms with Gasteiger partial charge in [0, 0.05) is 30.2 Å². The molecule has 0 spiro atoms. The summed E-state index contributed by atoms with van der Waals surface area (Å²) in [5, 5.41) is 14.5. The minimum absolute atomic E-state index is 0.0301. The van der Waals surface area contributed by atoms with E-state index in [1.165, 1.54) is 41.3 Å². The van der Waals surface area contributed by atoms with Gasteiger partial charge in [0.05, 0.1) is 15.5 Å². The van der Waals surface area contributed by atoms with E-state index in [1.54, 1.807) is 49.4 Å². The number of nitrogens with one attached hydrogen (secondary N) is 1. The van der Waals surface area contributed by atoms with E-state index >= 15 is 0 Å². The minimum Gasteiger partial charge on any atom is -0.354 e. The number of unbranched alkanes of at least 4 members (excludes halogenated alkanes) is 1. The second-order valence-corrected chi connectivity index (χ2v) is 11.5. The number of nitro benzene ring substituents is 1. The molecule has 0 aromatic heterocycles. The number of rotatable bonds is 14. The van der Waals surface area contributed by atoms with Crippen molar-refractivity contribution in [2.24, 2.45) is 0 Å². The van der Waals surface area contributed by atoms with Crippen molar-refractivity contribution >= 4 is 44.8 Å². The average molecular weight is 601 g/mol. The molecule has 1 N–H and O–H groups in total. The molecule has 218 valence electrons. The van der Waals surface area contributed by atoms with Crippen LogP contribution in [0.1, 0.15) is 38.7 Å². The molecular weight excluding hydrogens is 568 g/mol. The van der Waals surface area contributed by atoms with Crippen LogP contribution in [-0.4, -0.2) is 49.2 Å². The molecule has 0 aliphatic heterocycles. The molecule has 12 heteroatoms. The maximum Gasteiger partial charge on any atom is 0.269 e. The zero-order valence-electron chi connectivity index (χ0n) is 22.9. The van der Waals surface area contributed by atoms with Gasteiger partial charge >= 0.3 is 0 Å². The highest BCUT2D eigenvalue weighted by molar-refractivity contribution is 7.92. The maximum absolute atomic E-state index is 14.0. The number of carbonyl (C=O) groups excluding carboxylic acids is 2. The number of hydrogen-bond donors (Lipinski definition) is 1. The van der Waals surface area contributed by atoms with Crippen molar-refractivity contribution in [3.63, 3.8) is 0 Å². The van der Waals surface area contributed by atoms with Gasteiger partial charge in [-0.3, -0.25) is 24.0 Å². The molecule has 0 heterocycles. The molecule has 0 aliphatic rings. The summed E-state index contributed by atoms with van der Waals surface area (Å²) in [5.74, 6) is -0.991. The van der Waals surface area contributed by atoms with Crippen molar-refractivity contribution < 1.29 is 22.9 Å². The number of non-ortho nitro benzene ring substituents is 1. The normalized spacial score (nSPS) is 11.9. The third-order valence-electron chi connectivity index (χ3n) is 6.47. The molecule has 0 saturated heterocycles. The molecule has 2 amide bonds. The largest absolute Gasteiger partial charge is 0.354 e. The van der Waals surface area contributed by atoms with E-state index < -0.39 is 33.4 Å². The van der Waals surface area contributed by atoms with Gasteiger partial charge in [-0.1, -0.05) is 68.3 Å². The second-order valence-electron chi connectivity index (χ2n) is 9.28. The Morgan fingerprint density at radius 1 is 0.976 bits per heavy atom. The average Bonchev–Trinajstić information content (AvgIpc) is 2.97. The van der Waals surface area contributed by atoms with E-state index in [9.17, 15) is 28.1 Å². The summed E-state index contributed by atoms with van der Waals surface area (Å²) in [6.45, 7) is 3.52. The number of amides is 2. The van der Waals surface area contributed by atoms with Crippen molar-refractivity contribution in [2.45, 2.75) is 50.6 Å². The van der Waals surface area contributed by atoms with Crippen LogP contribution in [0.25, 0.3) is 0 Å². The van der Waals surface area contributed by atoms with Crippen LogP contribution >= 0.6 is 11.6 Å². The lowest BCUT2D eigenvalue weighted by atomic mass is 10.1. The number of nitro groups is 1. The molecule has 10 nitrogen and oxygen atoms in total. The summed E-state index contributed by atoms with van der Waals surface area (Å²) >= 11 is 6.40. The molecule has 0 saturated carbocycles. The Labute approximate surface area is 245 Å². The first-order valence-corrected chi connectivity index (χ1v) is 15.0. The van der Waals surface area contributed by atoms with Crippen molar-refractivity contribution in [1.82, 2.24) is 10.2 Å². The summed E-state index contributed by atoms with van der Waals surface area (Å²) in [6, 6.07) is 18.5. The first kappa shape index (κ1) is 31.6. The predicted molar refractivity (Wildman–Crippen MR) is 158 cm³/mol. The van der Waals surface area contributed by atoms with Crippen LogP contribution < -0.4 is 9.62 Å². The van der Waals surface area contributed by atoms with Gasteiger partial charge in [0.2, 0.25) is 11.8 Å². The zero-order valence-corrected chi connectivity index (χ0v) is 24.5. The summed E-state index contributed by atoms with van der Waals surface area (Å²) in [4.78, 5) is 39.1. The third-order valence-corrected chi connectivity index (χ3v) is 8.63. The van der Waals surface area contributed by atoms with Gasteiger partial charge in [-0.05, 0) is 48.7 Å². The lowest BCUT2D eigenvalue weighted by molar-refractivity contribution is -0.384. The quantitative estimate of drug-likeness (QED) is 0.154. The molecule has 3 aromatic rings. The van der Waals surface area contributed by atoms with E-state index in [0.29, 0.717) is 17.1 Å². The van der Waals surface area contributed by atoms with Crippen molar-refractivity contribution in [1.29, 1.82) is 0 Å². The van der Waals surface area contributed by atoms with Gasteiger partial charge in [-0.15, -0.1) is 0 Å². The Hall–Kier alpha value is -3.96. The highest BCUT2D eigenvalue weighted by atomic mass is 35.5. The van der Waals surface area contributed by atoms with Crippen molar-refractivity contribution in [3.8, 4) is 0 Å². The lowest BCUT2D eigenvalue weighted by Crippen LogP contribution is -2.52. The maximum atomic E-state index is 14.0. The third kappa shape index (κ3) is 8.05. The molecule has 0 aliphatic carbocycles. The summed E-state index contributed by atoms with van der Waals surface area (Å²) in [7, 11) is -4.28. The highest BCUT2D eigenvalue weighted by Gasteiger charge is 2.34. The molecule has 0 fully saturated rings. The topological polar surface area (TPSA) is 130 Å². The molecule has 0 bridgehead atoms. The fraction of sp³-hybridized carbons (Fsp3) is 0.310. The Bertz CT molecular complexity index is 1450. The summed E-state index contributed by atoms with van der Waals surface area (Å²) in [6.07, 6.45) is 1.92. The smallest absolute Gasteiger partial charge is 0.269 e. The van der Waals surface area contributed by atoms with Gasteiger partial charge in [0.1, 0.15) is 12.6 Å². The number of nitrogens with zero attached hydrogens (tertiary/aromatic N) is 3. The van der Waals surface area contributed by atoms with E-state index in [-0.39, 0.29) is 35.1 Å². The lowest BCUT2D eigenvalue weighted by Gasteiger charge is -2.33.